The van der Waals surface area contributed by atoms with Crippen LogP contribution in [0.15, 0.2) is 12.1 Å². The van der Waals surface area contributed by atoms with Crippen molar-refractivity contribution >= 4 is 18.8 Å². The molecule has 0 radical (unpaired) electrons. The summed E-state index contributed by atoms with van der Waals surface area (Å²) in [6.07, 6.45) is 1.38. The molecule has 0 bridgehead atoms. The van der Waals surface area contributed by atoms with E-state index in [2.05, 4.69) is 9.88 Å². The summed E-state index contributed by atoms with van der Waals surface area (Å²) in [5.41, 5.74) is 2.25. The molecule has 72 valence electrons. The third-order valence-corrected chi connectivity index (χ3v) is 2.64. The van der Waals surface area contributed by atoms with E-state index in [1.165, 1.54) is 5.56 Å². The van der Waals surface area contributed by atoms with Gasteiger partial charge in [-0.05, 0) is 0 Å². The van der Waals surface area contributed by atoms with E-state index in [4.69, 9.17) is 11.6 Å². The van der Waals surface area contributed by atoms with Crippen LogP contribution in [0.3, 0.4) is 0 Å². The van der Waals surface area contributed by atoms with Gasteiger partial charge in [0.15, 0.2) is 0 Å². The Morgan fingerprint density at radius 3 is 3.21 bits per heavy atom. The van der Waals surface area contributed by atoms with E-state index >= 15 is 0 Å². The Morgan fingerprint density at radius 2 is 2.43 bits per heavy atom. The van der Waals surface area contributed by atoms with Crippen LogP contribution in [0.25, 0.3) is 0 Å². The van der Waals surface area contributed by atoms with Gasteiger partial charge in [0.25, 0.3) is 0 Å². The molecule has 0 unspecified atom stereocenters. The van der Waals surface area contributed by atoms with Crippen molar-refractivity contribution in [1.29, 1.82) is 0 Å². The first-order valence-electron chi connectivity index (χ1n) is 4.60. The Balaban J connectivity index is 2.18. The van der Waals surface area contributed by atoms with Gasteiger partial charge in [0.05, 0.1) is 0 Å². The van der Waals surface area contributed by atoms with Crippen molar-refractivity contribution in [2.24, 2.45) is 0 Å². The molecule has 0 spiro atoms. The first kappa shape index (κ1) is 9.81. The first-order valence-corrected chi connectivity index (χ1v) is 4.97. The molecule has 0 saturated heterocycles. The molecule has 0 atom stereocenters. The van der Waals surface area contributed by atoms with Gasteiger partial charge in [0.1, 0.15) is 0 Å². The molecule has 1 aromatic heterocycles. The zero-order chi connectivity index (χ0) is 9.97. The molecule has 0 aromatic carbocycles. The molecule has 0 saturated carbocycles. The summed E-state index contributed by atoms with van der Waals surface area (Å²) < 4.78 is 10.4. The number of halogens is 1. The quantitative estimate of drug-likeness (QED) is 0.539. The summed E-state index contributed by atoms with van der Waals surface area (Å²) in [5, 5.41) is 0.549. The Kier molecular flexibility index (Phi) is 2.94. The molecule has 0 aliphatic carbocycles. The standard InChI is InChI=1S/C9H10BClN2O/c11-9-2-1-7-5-13(6-10-14)4-3-8(7)12-9/h1-2H,3-6H2. The van der Waals surface area contributed by atoms with E-state index in [-0.39, 0.29) is 0 Å². The van der Waals surface area contributed by atoms with Gasteiger partial charge in [-0.25, -0.2) is 0 Å². The predicted octanol–water partition coefficient (Wildman–Crippen LogP) is 1.10. The van der Waals surface area contributed by atoms with Crippen LogP contribution in [-0.2, 0) is 17.7 Å². The third-order valence-electron chi connectivity index (χ3n) is 2.43. The number of hydrogen-bond acceptors (Lipinski definition) is 3. The van der Waals surface area contributed by atoms with Crippen LogP contribution in [-0.4, -0.2) is 30.0 Å². The van der Waals surface area contributed by atoms with Crippen LogP contribution < -0.4 is 0 Å². The summed E-state index contributed by atoms with van der Waals surface area (Å²) in [5.74, 6) is 0. The van der Waals surface area contributed by atoms with E-state index in [1.807, 2.05) is 6.07 Å². The molecule has 3 nitrogen and oxygen atoms in total. The molecule has 2 rings (SSSR count). The van der Waals surface area contributed by atoms with Gasteiger partial charge in [-0.3, -0.25) is 0 Å². The summed E-state index contributed by atoms with van der Waals surface area (Å²) in [6.45, 7) is 1.69. The Morgan fingerprint density at radius 1 is 1.57 bits per heavy atom. The van der Waals surface area contributed by atoms with Crippen molar-refractivity contribution in [3.05, 3.63) is 28.5 Å². The first-order chi connectivity index (χ1) is 6.79. The average molecular weight is 208 g/mol. The third kappa shape index (κ3) is 2.02. The van der Waals surface area contributed by atoms with Crippen LogP contribution in [0, 0.1) is 0 Å². The molecule has 14 heavy (non-hydrogen) atoms. The van der Waals surface area contributed by atoms with Crippen LogP contribution >= 0.6 is 11.6 Å². The minimum absolute atomic E-state index is 0.502. The zero-order valence-electron chi connectivity index (χ0n) is 7.74. The normalized spacial score (nSPS) is 16.1. The zero-order valence-corrected chi connectivity index (χ0v) is 8.50. The fraction of sp³-hybridized carbons (Fsp3) is 0.444. The van der Waals surface area contributed by atoms with E-state index in [0.717, 1.165) is 32.4 Å². The number of aromatic nitrogens is 1. The molecule has 1 aliphatic rings. The molecular formula is C9H10BClN2O. The van der Waals surface area contributed by atoms with Crippen LogP contribution in [0.5, 0.6) is 0 Å². The maximum atomic E-state index is 10.4. The molecule has 1 aliphatic heterocycles. The summed E-state index contributed by atoms with van der Waals surface area (Å²) >= 11 is 5.79. The molecule has 0 N–H and O–H groups in total. The second-order valence-electron chi connectivity index (χ2n) is 3.39. The number of hydrogen-bond donors (Lipinski definition) is 0. The van der Waals surface area contributed by atoms with Crippen molar-refractivity contribution in [3.8, 4) is 0 Å². The van der Waals surface area contributed by atoms with E-state index in [0.29, 0.717) is 11.6 Å². The molecule has 2 heterocycles. The van der Waals surface area contributed by atoms with Gasteiger partial charge >= 0.3 is 87.8 Å². The molecule has 0 fully saturated rings. The van der Waals surface area contributed by atoms with Gasteiger partial charge < -0.3 is 0 Å². The minimum atomic E-state index is 0.502. The summed E-state index contributed by atoms with van der Waals surface area (Å²) in [6, 6.07) is 3.78. The van der Waals surface area contributed by atoms with Gasteiger partial charge in [0.2, 0.25) is 0 Å². The fourth-order valence-electron chi connectivity index (χ4n) is 1.71. The number of fused-ring (bicyclic) bond motifs is 1. The Bertz CT molecular complexity index is 359. The summed E-state index contributed by atoms with van der Waals surface area (Å²) in [4.78, 5) is 6.36. The molecular weight excluding hydrogens is 198 g/mol. The molecule has 5 heteroatoms. The van der Waals surface area contributed by atoms with Crippen LogP contribution in [0.2, 0.25) is 5.15 Å². The van der Waals surface area contributed by atoms with Crippen molar-refractivity contribution in [3.63, 3.8) is 0 Å². The Labute approximate surface area is 88.3 Å². The predicted molar refractivity (Wildman–Crippen MR) is 54.7 cm³/mol. The van der Waals surface area contributed by atoms with Crippen LogP contribution in [0.1, 0.15) is 11.3 Å². The average Bonchev–Trinajstić information content (AvgIpc) is 2.19. The van der Waals surface area contributed by atoms with Gasteiger partial charge in [-0.15, -0.1) is 0 Å². The number of rotatable bonds is 2. The number of nitrogens with zero attached hydrogens (tertiary/aromatic N) is 2. The second-order valence-corrected chi connectivity index (χ2v) is 3.78. The van der Waals surface area contributed by atoms with Crippen molar-refractivity contribution in [2.75, 3.05) is 13.0 Å². The number of pyridine rings is 1. The van der Waals surface area contributed by atoms with Crippen molar-refractivity contribution in [2.45, 2.75) is 13.0 Å². The molecule has 0 amide bonds. The second kappa shape index (κ2) is 4.19. The van der Waals surface area contributed by atoms with E-state index in [9.17, 15) is 4.70 Å². The van der Waals surface area contributed by atoms with E-state index < -0.39 is 0 Å². The topological polar surface area (TPSA) is 33.2 Å². The summed E-state index contributed by atoms with van der Waals surface area (Å²) in [7, 11) is 0.939. The van der Waals surface area contributed by atoms with Crippen molar-refractivity contribution in [1.82, 2.24) is 9.88 Å². The Hall–Kier alpha value is -0.735. The SMILES string of the molecule is O=BCN1CCc2nc(Cl)ccc2C1. The molecule has 1 aromatic rings. The van der Waals surface area contributed by atoms with Crippen molar-refractivity contribution < 1.29 is 4.70 Å². The van der Waals surface area contributed by atoms with Gasteiger partial charge in [-0.2, -0.15) is 0 Å². The maximum absolute atomic E-state index is 10.4. The van der Waals surface area contributed by atoms with Gasteiger partial charge in [-0.1, -0.05) is 0 Å². The van der Waals surface area contributed by atoms with Gasteiger partial charge in [0, 0.05) is 0 Å². The monoisotopic (exact) mass is 208 g/mol. The van der Waals surface area contributed by atoms with Crippen LogP contribution in [0.4, 0.5) is 0 Å². The van der Waals surface area contributed by atoms with E-state index in [1.54, 1.807) is 6.07 Å². The fourth-order valence-corrected chi connectivity index (χ4v) is 1.87.